The van der Waals surface area contributed by atoms with Crippen molar-refractivity contribution < 1.29 is 0 Å². The maximum Gasteiger partial charge on any atom is 0.0406 e. The molecule has 0 fully saturated rings. The molecular formula is C19H22ClN. The third-order valence-corrected chi connectivity index (χ3v) is 4.59. The van der Waals surface area contributed by atoms with Gasteiger partial charge in [0.05, 0.1) is 0 Å². The first-order valence-corrected chi connectivity index (χ1v) is 8.22. The highest BCUT2D eigenvalue weighted by Gasteiger charge is 2.23. The lowest BCUT2D eigenvalue weighted by molar-refractivity contribution is 0.421. The number of fused-ring (bicyclic) bond motifs is 1. The van der Waals surface area contributed by atoms with Crippen molar-refractivity contribution in [3.05, 3.63) is 70.2 Å². The first kappa shape index (κ1) is 14.6. The summed E-state index contributed by atoms with van der Waals surface area (Å²) in [5.74, 6) is 0. The number of nitrogens with one attached hydrogen (secondary N) is 1. The summed E-state index contributed by atoms with van der Waals surface area (Å²) in [7, 11) is 0. The maximum absolute atomic E-state index is 6.00. The molecule has 0 heterocycles. The molecule has 0 bridgehead atoms. The zero-order valence-electron chi connectivity index (χ0n) is 12.5. The van der Waals surface area contributed by atoms with Gasteiger partial charge in [0.15, 0.2) is 0 Å². The summed E-state index contributed by atoms with van der Waals surface area (Å²) >= 11 is 6.00. The van der Waals surface area contributed by atoms with E-state index in [0.717, 1.165) is 24.3 Å². The molecule has 21 heavy (non-hydrogen) atoms. The van der Waals surface area contributed by atoms with Gasteiger partial charge < -0.3 is 5.32 Å². The second-order valence-electron chi connectivity index (χ2n) is 5.93. The largest absolute Gasteiger partial charge is 0.307 e. The van der Waals surface area contributed by atoms with Gasteiger partial charge in [-0.05, 0) is 48.1 Å². The van der Waals surface area contributed by atoms with Crippen LogP contribution in [0.3, 0.4) is 0 Å². The maximum atomic E-state index is 6.00. The predicted molar refractivity (Wildman–Crippen MR) is 89.9 cm³/mol. The number of benzene rings is 2. The van der Waals surface area contributed by atoms with Crippen molar-refractivity contribution in [3.63, 3.8) is 0 Å². The van der Waals surface area contributed by atoms with E-state index in [2.05, 4.69) is 48.6 Å². The smallest absolute Gasteiger partial charge is 0.0406 e. The van der Waals surface area contributed by atoms with E-state index in [9.17, 15) is 0 Å². The summed E-state index contributed by atoms with van der Waals surface area (Å²) in [5, 5.41) is 4.66. The quantitative estimate of drug-likeness (QED) is 0.824. The minimum absolute atomic E-state index is 0.423. The Morgan fingerprint density at radius 2 is 1.67 bits per heavy atom. The van der Waals surface area contributed by atoms with E-state index in [0.29, 0.717) is 12.1 Å². The molecule has 1 nitrogen and oxygen atoms in total. The number of hydrogen-bond acceptors (Lipinski definition) is 1. The van der Waals surface area contributed by atoms with E-state index in [4.69, 9.17) is 11.6 Å². The molecule has 0 aromatic heterocycles. The van der Waals surface area contributed by atoms with Crippen LogP contribution in [0.1, 0.15) is 42.5 Å². The number of rotatable bonds is 5. The monoisotopic (exact) mass is 299 g/mol. The lowest BCUT2D eigenvalue weighted by atomic mass is 10.0. The van der Waals surface area contributed by atoms with Crippen LogP contribution >= 0.6 is 11.6 Å². The Kier molecular flexibility index (Phi) is 4.62. The van der Waals surface area contributed by atoms with E-state index in [1.807, 2.05) is 12.1 Å². The van der Waals surface area contributed by atoms with Gasteiger partial charge >= 0.3 is 0 Å². The first-order valence-electron chi connectivity index (χ1n) is 7.84. The van der Waals surface area contributed by atoms with Gasteiger partial charge in [-0.3, -0.25) is 0 Å². The lowest BCUT2D eigenvalue weighted by Gasteiger charge is -2.23. The Labute approximate surface area is 132 Å². The molecular weight excluding hydrogens is 278 g/mol. The molecule has 1 unspecified atom stereocenters. The van der Waals surface area contributed by atoms with Crippen LogP contribution in [0.5, 0.6) is 0 Å². The Morgan fingerprint density at radius 1 is 1.05 bits per heavy atom. The van der Waals surface area contributed by atoms with Crippen LogP contribution in [0.4, 0.5) is 0 Å². The van der Waals surface area contributed by atoms with Gasteiger partial charge in [-0.15, -0.1) is 0 Å². The molecule has 1 N–H and O–H groups in total. The topological polar surface area (TPSA) is 12.0 Å². The molecule has 2 aromatic rings. The van der Waals surface area contributed by atoms with E-state index < -0.39 is 0 Å². The molecule has 0 saturated carbocycles. The summed E-state index contributed by atoms with van der Waals surface area (Å²) in [6, 6.07) is 18.1. The van der Waals surface area contributed by atoms with Gasteiger partial charge in [-0.1, -0.05) is 61.3 Å². The zero-order valence-corrected chi connectivity index (χ0v) is 13.2. The van der Waals surface area contributed by atoms with Gasteiger partial charge in [0.25, 0.3) is 0 Å². The average Bonchev–Trinajstić information content (AvgIpc) is 2.90. The van der Waals surface area contributed by atoms with Crippen molar-refractivity contribution in [2.75, 3.05) is 0 Å². The van der Waals surface area contributed by atoms with Crippen LogP contribution in [-0.4, -0.2) is 6.04 Å². The Bertz CT molecular complexity index is 566. The lowest BCUT2D eigenvalue weighted by Crippen LogP contribution is -2.33. The molecule has 0 aliphatic heterocycles. The van der Waals surface area contributed by atoms with Crippen LogP contribution < -0.4 is 5.32 Å². The van der Waals surface area contributed by atoms with Gasteiger partial charge in [0.2, 0.25) is 0 Å². The Hall–Kier alpha value is -1.31. The Balaban J connectivity index is 1.70. The van der Waals surface area contributed by atoms with E-state index >= 15 is 0 Å². The van der Waals surface area contributed by atoms with Crippen LogP contribution in [0.15, 0.2) is 48.5 Å². The fourth-order valence-electron chi connectivity index (χ4n) is 3.29. The molecule has 2 aromatic carbocycles. The summed E-state index contributed by atoms with van der Waals surface area (Å²) in [5.41, 5.74) is 4.35. The van der Waals surface area contributed by atoms with Gasteiger partial charge in [-0.25, -0.2) is 0 Å². The number of halogens is 1. The molecule has 1 aliphatic rings. The minimum Gasteiger partial charge on any atom is -0.307 e. The second-order valence-corrected chi connectivity index (χ2v) is 6.37. The molecule has 1 atom stereocenters. The van der Waals surface area contributed by atoms with Crippen LogP contribution in [0, 0.1) is 0 Å². The van der Waals surface area contributed by atoms with Crippen molar-refractivity contribution >= 4 is 11.6 Å². The fraction of sp³-hybridized carbons (Fsp3) is 0.368. The molecule has 3 rings (SSSR count). The van der Waals surface area contributed by atoms with Crippen LogP contribution in [0.25, 0.3) is 0 Å². The normalized spacial score (nSPS) is 15.9. The molecule has 0 spiro atoms. The molecule has 0 saturated heterocycles. The van der Waals surface area contributed by atoms with Crippen molar-refractivity contribution in [2.24, 2.45) is 0 Å². The van der Waals surface area contributed by atoms with Gasteiger partial charge in [-0.2, -0.15) is 0 Å². The van der Waals surface area contributed by atoms with E-state index in [1.54, 1.807) is 0 Å². The minimum atomic E-state index is 0.423. The molecule has 0 radical (unpaired) electrons. The highest BCUT2D eigenvalue weighted by molar-refractivity contribution is 6.30. The standard InChI is InChI=1S/C19H22ClN/c1-2-5-19(14-8-10-17(20)11-9-14)21-18-12-15-6-3-4-7-16(15)13-18/h3-4,6-11,18-19,21H,2,5,12-13H2,1H3. The van der Waals surface area contributed by atoms with Crippen LogP contribution in [0.2, 0.25) is 5.02 Å². The second kappa shape index (κ2) is 6.64. The molecule has 2 heteroatoms. The van der Waals surface area contributed by atoms with Crippen molar-refractivity contribution in [1.82, 2.24) is 5.32 Å². The molecule has 0 amide bonds. The summed E-state index contributed by atoms with van der Waals surface area (Å²) in [6.45, 7) is 2.24. The highest BCUT2D eigenvalue weighted by atomic mass is 35.5. The summed E-state index contributed by atoms with van der Waals surface area (Å²) in [4.78, 5) is 0. The third kappa shape index (κ3) is 3.48. The predicted octanol–water partition coefficient (Wildman–Crippen LogP) is 4.94. The van der Waals surface area contributed by atoms with E-state index in [1.165, 1.54) is 23.1 Å². The van der Waals surface area contributed by atoms with Crippen molar-refractivity contribution in [1.29, 1.82) is 0 Å². The molecule has 110 valence electrons. The molecule has 1 aliphatic carbocycles. The zero-order chi connectivity index (χ0) is 14.7. The average molecular weight is 300 g/mol. The Morgan fingerprint density at radius 3 is 2.24 bits per heavy atom. The van der Waals surface area contributed by atoms with Gasteiger partial charge in [0.1, 0.15) is 0 Å². The van der Waals surface area contributed by atoms with E-state index in [-0.39, 0.29) is 0 Å². The van der Waals surface area contributed by atoms with Gasteiger partial charge in [0, 0.05) is 17.1 Å². The highest BCUT2D eigenvalue weighted by Crippen LogP contribution is 2.26. The fourth-order valence-corrected chi connectivity index (χ4v) is 3.42. The summed E-state index contributed by atoms with van der Waals surface area (Å²) in [6.07, 6.45) is 4.63. The van der Waals surface area contributed by atoms with Crippen molar-refractivity contribution in [3.8, 4) is 0 Å². The summed E-state index contributed by atoms with van der Waals surface area (Å²) < 4.78 is 0. The van der Waals surface area contributed by atoms with Crippen LogP contribution in [-0.2, 0) is 12.8 Å². The van der Waals surface area contributed by atoms with Crippen molar-refractivity contribution in [2.45, 2.75) is 44.7 Å². The third-order valence-electron chi connectivity index (χ3n) is 4.34. The first-order chi connectivity index (χ1) is 10.3. The SMILES string of the molecule is CCCC(NC1Cc2ccccc2C1)c1ccc(Cl)cc1. The number of hydrogen-bond donors (Lipinski definition) is 1.